The third-order valence-electron chi connectivity index (χ3n) is 4.77. The van der Waals surface area contributed by atoms with Gasteiger partial charge in [0, 0.05) is 19.1 Å². The second-order valence-corrected chi connectivity index (χ2v) is 8.02. The summed E-state index contributed by atoms with van der Waals surface area (Å²) in [6, 6.07) is -0.0564. The molecule has 6 nitrogen and oxygen atoms in total. The lowest BCUT2D eigenvalue weighted by Gasteiger charge is -2.33. The average molecular weight is 339 g/mol. The molecule has 2 unspecified atom stereocenters. The Morgan fingerprint density at radius 2 is 1.79 bits per heavy atom. The van der Waals surface area contributed by atoms with Crippen LogP contribution in [-0.2, 0) is 9.53 Å². The lowest BCUT2D eigenvalue weighted by atomic mass is 10.1. The van der Waals surface area contributed by atoms with Crippen molar-refractivity contribution in [2.24, 2.45) is 0 Å². The van der Waals surface area contributed by atoms with Crippen molar-refractivity contribution in [2.45, 2.75) is 77.5 Å². The molecule has 24 heavy (non-hydrogen) atoms. The normalized spacial score (nSPS) is 23.8. The number of hydrogen-bond acceptors (Lipinski definition) is 4. The number of carbonyl (C=O) groups excluding carboxylic acids is 2. The zero-order valence-electron chi connectivity index (χ0n) is 15.6. The van der Waals surface area contributed by atoms with Gasteiger partial charge < -0.3 is 10.1 Å². The number of piperidine rings is 1. The summed E-state index contributed by atoms with van der Waals surface area (Å²) in [6.45, 7) is 11.1. The monoisotopic (exact) mass is 339 g/mol. The molecule has 6 heteroatoms. The van der Waals surface area contributed by atoms with E-state index in [1.54, 1.807) is 4.90 Å². The van der Waals surface area contributed by atoms with Crippen molar-refractivity contribution in [2.75, 3.05) is 26.2 Å². The summed E-state index contributed by atoms with van der Waals surface area (Å²) < 4.78 is 5.42. The highest BCUT2D eigenvalue weighted by molar-refractivity contribution is 5.86. The molecule has 2 atom stereocenters. The van der Waals surface area contributed by atoms with Crippen LogP contribution in [0, 0.1) is 0 Å². The fraction of sp³-hybridized carbons (Fsp3) is 0.889. The van der Waals surface area contributed by atoms with E-state index in [1.165, 1.54) is 19.3 Å². The molecule has 1 N–H and O–H groups in total. The zero-order valence-corrected chi connectivity index (χ0v) is 15.6. The van der Waals surface area contributed by atoms with Crippen LogP contribution in [0.1, 0.15) is 59.8 Å². The van der Waals surface area contributed by atoms with E-state index in [2.05, 4.69) is 17.1 Å². The molecule has 2 saturated heterocycles. The van der Waals surface area contributed by atoms with Crippen molar-refractivity contribution in [1.29, 1.82) is 0 Å². The molecule has 2 fully saturated rings. The molecule has 2 aliphatic rings. The molecule has 0 aromatic carbocycles. The van der Waals surface area contributed by atoms with Crippen LogP contribution in [-0.4, -0.2) is 65.7 Å². The number of likely N-dealkylation sites (tertiary alicyclic amines) is 2. The maximum Gasteiger partial charge on any atom is 0.410 e. The molecule has 0 aliphatic carbocycles. The van der Waals surface area contributed by atoms with E-state index in [4.69, 9.17) is 4.74 Å². The molecule has 0 radical (unpaired) electrons. The van der Waals surface area contributed by atoms with Crippen LogP contribution in [0.2, 0.25) is 0 Å². The smallest absolute Gasteiger partial charge is 0.410 e. The lowest BCUT2D eigenvalue weighted by Crippen LogP contribution is -2.50. The minimum Gasteiger partial charge on any atom is -0.444 e. The van der Waals surface area contributed by atoms with Crippen LogP contribution in [0.25, 0.3) is 0 Å². The first-order chi connectivity index (χ1) is 11.3. The number of rotatable bonds is 4. The first kappa shape index (κ1) is 19.0. The highest BCUT2D eigenvalue weighted by Crippen LogP contribution is 2.21. The Morgan fingerprint density at radius 3 is 2.42 bits per heavy atom. The molecule has 2 heterocycles. The number of nitrogens with one attached hydrogen (secondary N) is 1. The van der Waals surface area contributed by atoms with Gasteiger partial charge in [-0.2, -0.15) is 0 Å². The fourth-order valence-corrected chi connectivity index (χ4v) is 3.43. The molecule has 2 amide bonds. The van der Waals surface area contributed by atoms with Crippen LogP contribution in [0.15, 0.2) is 0 Å². The van der Waals surface area contributed by atoms with Gasteiger partial charge in [0.2, 0.25) is 5.91 Å². The van der Waals surface area contributed by atoms with Gasteiger partial charge >= 0.3 is 6.09 Å². The number of ether oxygens (including phenoxy) is 1. The Labute approximate surface area is 145 Å². The molecule has 2 aliphatic heterocycles. The molecule has 0 aromatic rings. The average Bonchev–Trinajstić information content (AvgIpc) is 3.01. The maximum atomic E-state index is 12.5. The molecular weight excluding hydrogens is 306 g/mol. The Balaban J connectivity index is 1.83. The molecule has 0 spiro atoms. The van der Waals surface area contributed by atoms with Crippen LogP contribution in [0.5, 0.6) is 0 Å². The van der Waals surface area contributed by atoms with E-state index in [0.717, 1.165) is 19.5 Å². The molecule has 0 aromatic heterocycles. The van der Waals surface area contributed by atoms with Crippen molar-refractivity contribution in [1.82, 2.24) is 15.1 Å². The minimum absolute atomic E-state index is 0.0535. The van der Waals surface area contributed by atoms with Gasteiger partial charge in [-0.3, -0.25) is 14.6 Å². The van der Waals surface area contributed by atoms with Gasteiger partial charge in [-0.25, -0.2) is 4.79 Å². The standard InChI is InChI=1S/C18H33N3O3/c1-14(20-10-6-5-7-11-20)13-19-16(22)15-9-8-12-21(15)17(23)24-18(2,3)4/h14-15H,5-13H2,1-4H3,(H,19,22). The molecular formula is C18H33N3O3. The number of nitrogens with zero attached hydrogens (tertiary/aromatic N) is 2. The van der Waals surface area contributed by atoms with Crippen molar-refractivity contribution in [3.05, 3.63) is 0 Å². The second-order valence-electron chi connectivity index (χ2n) is 8.02. The van der Waals surface area contributed by atoms with E-state index >= 15 is 0 Å². The number of amides is 2. The largest absolute Gasteiger partial charge is 0.444 e. The van der Waals surface area contributed by atoms with Crippen LogP contribution < -0.4 is 5.32 Å². The zero-order chi connectivity index (χ0) is 17.7. The third-order valence-corrected chi connectivity index (χ3v) is 4.77. The van der Waals surface area contributed by atoms with Gasteiger partial charge in [0.1, 0.15) is 11.6 Å². The van der Waals surface area contributed by atoms with Crippen LogP contribution >= 0.6 is 0 Å². The third kappa shape index (κ3) is 5.36. The van der Waals surface area contributed by atoms with Crippen molar-refractivity contribution >= 4 is 12.0 Å². The summed E-state index contributed by atoms with van der Waals surface area (Å²) in [5.41, 5.74) is -0.538. The highest BCUT2D eigenvalue weighted by atomic mass is 16.6. The Morgan fingerprint density at radius 1 is 1.12 bits per heavy atom. The summed E-state index contributed by atoms with van der Waals surface area (Å²) >= 11 is 0. The predicted molar refractivity (Wildman–Crippen MR) is 93.9 cm³/mol. The van der Waals surface area contributed by atoms with Crippen molar-refractivity contribution in [3.63, 3.8) is 0 Å². The van der Waals surface area contributed by atoms with Gasteiger partial charge in [-0.1, -0.05) is 6.42 Å². The van der Waals surface area contributed by atoms with E-state index in [1.807, 2.05) is 20.8 Å². The first-order valence-electron chi connectivity index (χ1n) is 9.29. The van der Waals surface area contributed by atoms with Crippen molar-refractivity contribution in [3.8, 4) is 0 Å². The van der Waals surface area contributed by atoms with Crippen LogP contribution in [0.4, 0.5) is 4.79 Å². The Bertz CT molecular complexity index is 441. The van der Waals surface area contributed by atoms with Gasteiger partial charge in [0.25, 0.3) is 0 Å². The Kier molecular flexibility index (Phi) is 6.49. The summed E-state index contributed by atoms with van der Waals surface area (Å²) in [5, 5.41) is 3.04. The minimum atomic E-state index is -0.538. The van der Waals surface area contributed by atoms with E-state index < -0.39 is 11.6 Å². The number of hydrogen-bond donors (Lipinski definition) is 1. The molecule has 138 valence electrons. The number of carbonyl (C=O) groups is 2. The molecule has 0 saturated carbocycles. The quantitative estimate of drug-likeness (QED) is 0.854. The van der Waals surface area contributed by atoms with Gasteiger partial charge in [0.05, 0.1) is 0 Å². The summed E-state index contributed by atoms with van der Waals surface area (Å²) in [7, 11) is 0. The topological polar surface area (TPSA) is 61.9 Å². The predicted octanol–water partition coefficient (Wildman–Crippen LogP) is 2.38. The molecule has 0 bridgehead atoms. The van der Waals surface area contributed by atoms with E-state index in [0.29, 0.717) is 25.6 Å². The van der Waals surface area contributed by atoms with Crippen molar-refractivity contribution < 1.29 is 14.3 Å². The van der Waals surface area contributed by atoms with E-state index in [-0.39, 0.29) is 12.0 Å². The lowest BCUT2D eigenvalue weighted by molar-refractivity contribution is -0.125. The van der Waals surface area contributed by atoms with Gasteiger partial charge in [-0.05, 0) is 66.5 Å². The van der Waals surface area contributed by atoms with E-state index in [9.17, 15) is 9.59 Å². The fourth-order valence-electron chi connectivity index (χ4n) is 3.43. The first-order valence-corrected chi connectivity index (χ1v) is 9.29. The van der Waals surface area contributed by atoms with Gasteiger partial charge in [0.15, 0.2) is 0 Å². The summed E-state index contributed by atoms with van der Waals surface area (Å²) in [4.78, 5) is 28.8. The maximum absolute atomic E-state index is 12.5. The molecule has 2 rings (SSSR count). The Hall–Kier alpha value is -1.30. The van der Waals surface area contributed by atoms with Crippen LogP contribution in [0.3, 0.4) is 0 Å². The SMILES string of the molecule is CC(CNC(=O)C1CCCN1C(=O)OC(C)(C)C)N1CCCCC1. The summed E-state index contributed by atoms with van der Waals surface area (Å²) in [5.74, 6) is -0.0535. The van der Waals surface area contributed by atoms with Gasteiger partial charge in [-0.15, -0.1) is 0 Å². The second kappa shape index (κ2) is 8.19. The summed E-state index contributed by atoms with van der Waals surface area (Å²) in [6.07, 6.45) is 4.97. The highest BCUT2D eigenvalue weighted by Gasteiger charge is 2.36.